The Bertz CT molecular complexity index is 430. The third-order valence-electron chi connectivity index (χ3n) is 1.97. The summed E-state index contributed by atoms with van der Waals surface area (Å²) in [6.45, 7) is -0.262. The van der Waals surface area contributed by atoms with E-state index in [0.29, 0.717) is 22.1 Å². The molecule has 1 aromatic carbocycles. The summed E-state index contributed by atoms with van der Waals surface area (Å²) in [5.41, 5.74) is 0.292. The second kappa shape index (κ2) is 6.24. The van der Waals surface area contributed by atoms with Crippen molar-refractivity contribution in [2.45, 2.75) is 0 Å². The summed E-state index contributed by atoms with van der Waals surface area (Å²) in [6, 6.07) is 3.16. The molecule has 5 nitrogen and oxygen atoms in total. The lowest BCUT2D eigenvalue weighted by Crippen LogP contribution is -2.13. The summed E-state index contributed by atoms with van der Waals surface area (Å²) >= 11 is 3.24. The minimum Gasteiger partial charge on any atom is -0.497 e. The molecule has 0 heterocycles. The van der Waals surface area contributed by atoms with Gasteiger partial charge in [-0.15, -0.1) is 0 Å². The number of esters is 1. The third-order valence-corrected chi connectivity index (χ3v) is 2.56. The molecule has 0 saturated carbocycles. The molecule has 0 bridgehead atoms. The van der Waals surface area contributed by atoms with Crippen LogP contribution in [0.3, 0.4) is 0 Å². The van der Waals surface area contributed by atoms with E-state index in [1.54, 1.807) is 6.07 Å². The molecule has 0 atom stereocenters. The fraction of sp³-hybridized carbons (Fsp3) is 0.273. The van der Waals surface area contributed by atoms with E-state index in [0.717, 1.165) is 0 Å². The van der Waals surface area contributed by atoms with Crippen LogP contribution in [0.15, 0.2) is 16.6 Å². The molecule has 0 N–H and O–H groups in total. The van der Waals surface area contributed by atoms with Crippen molar-refractivity contribution in [3.05, 3.63) is 22.2 Å². The SMILES string of the molecule is COC(=O)COc1c(Br)cc(OC)cc1C=O. The van der Waals surface area contributed by atoms with Crippen LogP contribution in [0.2, 0.25) is 0 Å². The van der Waals surface area contributed by atoms with Crippen LogP contribution >= 0.6 is 15.9 Å². The topological polar surface area (TPSA) is 61.8 Å². The zero-order valence-corrected chi connectivity index (χ0v) is 10.9. The Hall–Kier alpha value is -1.56. The highest BCUT2D eigenvalue weighted by molar-refractivity contribution is 9.10. The van der Waals surface area contributed by atoms with Gasteiger partial charge in [-0.3, -0.25) is 4.79 Å². The van der Waals surface area contributed by atoms with Gasteiger partial charge in [-0.25, -0.2) is 4.79 Å². The molecule has 0 aliphatic rings. The van der Waals surface area contributed by atoms with Crippen LogP contribution in [-0.4, -0.2) is 33.1 Å². The van der Waals surface area contributed by atoms with Gasteiger partial charge in [0.05, 0.1) is 24.3 Å². The predicted octanol–water partition coefficient (Wildman–Crippen LogP) is 1.82. The molecule has 0 amide bonds. The van der Waals surface area contributed by atoms with Gasteiger partial charge in [-0.2, -0.15) is 0 Å². The molecule has 0 unspecified atom stereocenters. The van der Waals surface area contributed by atoms with Gasteiger partial charge in [0.1, 0.15) is 11.5 Å². The number of ether oxygens (including phenoxy) is 3. The van der Waals surface area contributed by atoms with E-state index >= 15 is 0 Å². The smallest absolute Gasteiger partial charge is 0.343 e. The third kappa shape index (κ3) is 3.45. The van der Waals surface area contributed by atoms with Crippen molar-refractivity contribution in [3.8, 4) is 11.5 Å². The van der Waals surface area contributed by atoms with Crippen molar-refractivity contribution in [3.63, 3.8) is 0 Å². The van der Waals surface area contributed by atoms with Crippen molar-refractivity contribution >= 4 is 28.2 Å². The number of benzene rings is 1. The molecule has 92 valence electrons. The Kier molecular flexibility index (Phi) is 4.96. The molecule has 1 rings (SSSR count). The maximum absolute atomic E-state index is 10.9. The van der Waals surface area contributed by atoms with E-state index in [1.165, 1.54) is 20.3 Å². The Balaban J connectivity index is 2.97. The second-order valence-corrected chi connectivity index (χ2v) is 3.86. The summed E-state index contributed by atoms with van der Waals surface area (Å²) in [7, 11) is 2.75. The predicted molar refractivity (Wildman–Crippen MR) is 63.6 cm³/mol. The van der Waals surface area contributed by atoms with Gasteiger partial charge < -0.3 is 14.2 Å². The first-order valence-corrected chi connectivity index (χ1v) is 5.44. The number of aldehydes is 1. The molecular formula is C11H11BrO5. The van der Waals surface area contributed by atoms with Gasteiger partial charge >= 0.3 is 5.97 Å². The van der Waals surface area contributed by atoms with Crippen LogP contribution in [-0.2, 0) is 9.53 Å². The number of methoxy groups -OCH3 is 2. The Labute approximate surface area is 107 Å². The number of halogens is 1. The van der Waals surface area contributed by atoms with Crippen LogP contribution in [0.1, 0.15) is 10.4 Å². The zero-order chi connectivity index (χ0) is 12.8. The quantitative estimate of drug-likeness (QED) is 0.613. The maximum atomic E-state index is 10.9. The van der Waals surface area contributed by atoms with Gasteiger partial charge in [-0.05, 0) is 28.1 Å². The first-order chi connectivity index (χ1) is 8.12. The van der Waals surface area contributed by atoms with Crippen LogP contribution in [0.25, 0.3) is 0 Å². The van der Waals surface area contributed by atoms with Crippen molar-refractivity contribution in [2.24, 2.45) is 0 Å². The number of rotatable bonds is 5. The monoisotopic (exact) mass is 302 g/mol. The van der Waals surface area contributed by atoms with Crippen LogP contribution in [0.4, 0.5) is 0 Å². The number of carbonyl (C=O) groups is 2. The average molecular weight is 303 g/mol. The van der Waals surface area contributed by atoms with Crippen molar-refractivity contribution in [1.29, 1.82) is 0 Å². The maximum Gasteiger partial charge on any atom is 0.343 e. The largest absolute Gasteiger partial charge is 0.497 e. The Morgan fingerprint density at radius 2 is 2.12 bits per heavy atom. The number of hydrogen-bond donors (Lipinski definition) is 0. The summed E-state index contributed by atoms with van der Waals surface area (Å²) in [5, 5.41) is 0. The molecule has 0 fully saturated rings. The molecular weight excluding hydrogens is 292 g/mol. The lowest BCUT2D eigenvalue weighted by Gasteiger charge is -2.11. The van der Waals surface area contributed by atoms with Gasteiger partial charge in [-0.1, -0.05) is 0 Å². The summed E-state index contributed by atoms with van der Waals surface area (Å²) in [6.07, 6.45) is 0.625. The Morgan fingerprint density at radius 3 is 2.65 bits per heavy atom. The van der Waals surface area contributed by atoms with Crippen LogP contribution < -0.4 is 9.47 Å². The van der Waals surface area contributed by atoms with Crippen molar-refractivity contribution in [2.75, 3.05) is 20.8 Å². The van der Waals surface area contributed by atoms with Crippen molar-refractivity contribution in [1.82, 2.24) is 0 Å². The fourth-order valence-corrected chi connectivity index (χ4v) is 1.71. The number of carbonyl (C=O) groups excluding carboxylic acids is 2. The van der Waals surface area contributed by atoms with Gasteiger partial charge in [0.15, 0.2) is 12.9 Å². The van der Waals surface area contributed by atoms with E-state index in [9.17, 15) is 9.59 Å². The molecule has 0 spiro atoms. The van der Waals surface area contributed by atoms with E-state index < -0.39 is 5.97 Å². The molecule has 6 heteroatoms. The summed E-state index contributed by atoms with van der Waals surface area (Å²) in [4.78, 5) is 21.8. The first-order valence-electron chi connectivity index (χ1n) is 4.64. The molecule has 0 aliphatic heterocycles. The molecule has 0 aliphatic carbocycles. The molecule has 0 saturated heterocycles. The van der Waals surface area contributed by atoms with Gasteiger partial charge in [0.25, 0.3) is 0 Å². The van der Waals surface area contributed by atoms with Crippen LogP contribution in [0, 0.1) is 0 Å². The van der Waals surface area contributed by atoms with Gasteiger partial charge in [0.2, 0.25) is 0 Å². The highest BCUT2D eigenvalue weighted by atomic mass is 79.9. The minimum atomic E-state index is -0.524. The normalized spacial score (nSPS) is 9.59. The molecule has 0 radical (unpaired) electrons. The summed E-state index contributed by atoms with van der Waals surface area (Å²) in [5.74, 6) is 0.278. The Morgan fingerprint density at radius 1 is 1.41 bits per heavy atom. The molecule has 0 aromatic heterocycles. The average Bonchev–Trinajstić information content (AvgIpc) is 2.35. The van der Waals surface area contributed by atoms with E-state index in [2.05, 4.69) is 20.7 Å². The van der Waals surface area contributed by atoms with E-state index in [4.69, 9.17) is 9.47 Å². The number of hydrogen-bond acceptors (Lipinski definition) is 5. The highest BCUT2D eigenvalue weighted by Crippen LogP contribution is 2.32. The first kappa shape index (κ1) is 13.5. The second-order valence-electron chi connectivity index (χ2n) is 3.01. The highest BCUT2D eigenvalue weighted by Gasteiger charge is 2.12. The standard InChI is InChI=1S/C11H11BrO5/c1-15-8-3-7(5-13)11(9(12)4-8)17-6-10(14)16-2/h3-5H,6H2,1-2H3. The molecule has 1 aromatic rings. The zero-order valence-electron chi connectivity index (χ0n) is 9.36. The van der Waals surface area contributed by atoms with Crippen molar-refractivity contribution < 1.29 is 23.8 Å². The fourth-order valence-electron chi connectivity index (χ4n) is 1.14. The van der Waals surface area contributed by atoms with Gasteiger partial charge in [0, 0.05) is 0 Å². The van der Waals surface area contributed by atoms with E-state index in [1.807, 2.05) is 0 Å². The summed E-state index contributed by atoms with van der Waals surface area (Å²) < 4.78 is 15.2. The lowest BCUT2D eigenvalue weighted by molar-refractivity contribution is -0.142. The van der Waals surface area contributed by atoms with Crippen LogP contribution in [0.5, 0.6) is 11.5 Å². The molecule has 17 heavy (non-hydrogen) atoms. The van der Waals surface area contributed by atoms with E-state index in [-0.39, 0.29) is 12.4 Å². The minimum absolute atomic E-state index is 0.262. The lowest BCUT2D eigenvalue weighted by atomic mass is 10.2.